The Balaban J connectivity index is 1.42. The van der Waals surface area contributed by atoms with Gasteiger partial charge in [-0.1, -0.05) is 35.9 Å². The first-order chi connectivity index (χ1) is 14.1. The zero-order valence-corrected chi connectivity index (χ0v) is 16.8. The maximum atomic E-state index is 12.9. The van der Waals surface area contributed by atoms with Gasteiger partial charge >= 0.3 is 0 Å². The lowest BCUT2D eigenvalue weighted by atomic mass is 10.1. The van der Waals surface area contributed by atoms with Crippen molar-refractivity contribution in [3.63, 3.8) is 0 Å². The highest BCUT2D eigenvalue weighted by Crippen LogP contribution is 2.20. The summed E-state index contributed by atoms with van der Waals surface area (Å²) in [4.78, 5) is 25.8. The Morgan fingerprint density at radius 2 is 1.72 bits per heavy atom. The second-order valence-corrected chi connectivity index (χ2v) is 7.32. The van der Waals surface area contributed by atoms with Gasteiger partial charge in [0.25, 0.3) is 5.91 Å². The summed E-state index contributed by atoms with van der Waals surface area (Å²) in [6, 6.07) is 18.1. The highest BCUT2D eigenvalue weighted by atomic mass is 16.2. The molecule has 2 heterocycles. The second kappa shape index (κ2) is 8.31. The molecule has 6 nitrogen and oxygen atoms in total. The van der Waals surface area contributed by atoms with Crippen LogP contribution < -0.4 is 10.2 Å². The third-order valence-corrected chi connectivity index (χ3v) is 5.19. The molecule has 0 spiro atoms. The maximum absolute atomic E-state index is 12.9. The van der Waals surface area contributed by atoms with E-state index in [0.29, 0.717) is 24.7 Å². The highest BCUT2D eigenvalue weighted by Gasteiger charge is 2.23. The topological polar surface area (TPSA) is 61.4 Å². The largest absolute Gasteiger partial charge is 0.368 e. The molecule has 1 saturated heterocycles. The maximum Gasteiger partial charge on any atom is 0.272 e. The van der Waals surface area contributed by atoms with Crippen LogP contribution in [0.3, 0.4) is 0 Å². The number of anilines is 3. The van der Waals surface area contributed by atoms with Gasteiger partial charge < -0.3 is 15.1 Å². The molecule has 6 heteroatoms. The first-order valence-electron chi connectivity index (χ1n) is 9.87. The molecular weight excluding hydrogens is 362 g/mol. The Labute approximate surface area is 171 Å². The Hall–Kier alpha value is -3.41. The molecule has 1 aliphatic heterocycles. The van der Waals surface area contributed by atoms with E-state index in [-0.39, 0.29) is 5.91 Å². The molecule has 29 heavy (non-hydrogen) atoms. The number of piperazine rings is 1. The van der Waals surface area contributed by atoms with E-state index in [9.17, 15) is 4.79 Å². The van der Waals surface area contributed by atoms with E-state index in [1.807, 2.05) is 42.2 Å². The summed E-state index contributed by atoms with van der Waals surface area (Å²) >= 11 is 0. The van der Waals surface area contributed by atoms with Crippen molar-refractivity contribution in [1.82, 2.24) is 14.9 Å². The van der Waals surface area contributed by atoms with Crippen molar-refractivity contribution in [2.45, 2.75) is 13.8 Å². The summed E-state index contributed by atoms with van der Waals surface area (Å²) in [7, 11) is 0. The number of para-hydroxylation sites is 1. The fraction of sp³-hybridized carbons (Fsp3) is 0.261. The monoisotopic (exact) mass is 387 g/mol. The molecule has 1 aromatic heterocycles. The summed E-state index contributed by atoms with van der Waals surface area (Å²) in [5.74, 6) is 0.384. The van der Waals surface area contributed by atoms with Gasteiger partial charge in [0.2, 0.25) is 5.95 Å². The Morgan fingerprint density at radius 3 is 2.45 bits per heavy atom. The van der Waals surface area contributed by atoms with Crippen LogP contribution in [-0.4, -0.2) is 47.0 Å². The van der Waals surface area contributed by atoms with Crippen molar-refractivity contribution in [3.8, 4) is 0 Å². The number of aryl methyl sites for hydroxylation is 2. The predicted molar refractivity (Wildman–Crippen MR) is 116 cm³/mol. The summed E-state index contributed by atoms with van der Waals surface area (Å²) in [5, 5.41) is 3.22. The SMILES string of the molecule is Cc1ccc(Nc2nccc(C(=O)N3CCN(c4ccccc4)CC3)n2)c(C)c1. The number of nitrogens with one attached hydrogen (secondary N) is 1. The van der Waals surface area contributed by atoms with E-state index < -0.39 is 0 Å². The number of benzene rings is 2. The Bertz CT molecular complexity index is 997. The summed E-state index contributed by atoms with van der Waals surface area (Å²) < 4.78 is 0. The minimum atomic E-state index is -0.0520. The lowest BCUT2D eigenvalue weighted by Crippen LogP contribution is -2.49. The summed E-state index contributed by atoms with van der Waals surface area (Å²) in [6.45, 7) is 7.08. The molecule has 1 fully saturated rings. The molecule has 0 bridgehead atoms. The van der Waals surface area contributed by atoms with Gasteiger partial charge in [-0.15, -0.1) is 0 Å². The molecule has 0 saturated carbocycles. The first-order valence-corrected chi connectivity index (χ1v) is 9.87. The lowest BCUT2D eigenvalue weighted by Gasteiger charge is -2.36. The Kier molecular flexibility index (Phi) is 5.42. The third-order valence-electron chi connectivity index (χ3n) is 5.19. The van der Waals surface area contributed by atoms with Crippen LogP contribution >= 0.6 is 0 Å². The van der Waals surface area contributed by atoms with Gasteiger partial charge in [0.05, 0.1) is 0 Å². The van der Waals surface area contributed by atoms with Gasteiger partial charge in [-0.2, -0.15) is 0 Å². The van der Waals surface area contributed by atoms with Crippen molar-refractivity contribution in [3.05, 3.63) is 77.6 Å². The minimum Gasteiger partial charge on any atom is -0.368 e. The van der Waals surface area contributed by atoms with E-state index in [1.54, 1.807) is 12.3 Å². The zero-order chi connectivity index (χ0) is 20.2. The van der Waals surface area contributed by atoms with Crippen molar-refractivity contribution in [1.29, 1.82) is 0 Å². The molecule has 0 radical (unpaired) electrons. The van der Waals surface area contributed by atoms with Crippen LogP contribution in [0.5, 0.6) is 0 Å². The molecular formula is C23H25N5O. The zero-order valence-electron chi connectivity index (χ0n) is 16.8. The van der Waals surface area contributed by atoms with E-state index >= 15 is 0 Å². The molecule has 0 unspecified atom stereocenters. The quantitative estimate of drug-likeness (QED) is 0.738. The number of carbonyl (C=O) groups excluding carboxylic acids is 1. The normalized spacial score (nSPS) is 14.0. The van der Waals surface area contributed by atoms with Gasteiger partial charge in [0.15, 0.2) is 0 Å². The van der Waals surface area contributed by atoms with Gasteiger partial charge in [-0.05, 0) is 43.7 Å². The fourth-order valence-electron chi connectivity index (χ4n) is 3.58. The second-order valence-electron chi connectivity index (χ2n) is 7.32. The predicted octanol–water partition coefficient (Wildman–Crippen LogP) is 3.80. The molecule has 0 aliphatic carbocycles. The molecule has 148 valence electrons. The van der Waals surface area contributed by atoms with Crippen LogP contribution in [0.1, 0.15) is 21.6 Å². The highest BCUT2D eigenvalue weighted by molar-refractivity contribution is 5.92. The Morgan fingerprint density at radius 1 is 0.966 bits per heavy atom. The van der Waals surface area contributed by atoms with Gasteiger partial charge in [-0.25, -0.2) is 9.97 Å². The van der Waals surface area contributed by atoms with Crippen molar-refractivity contribution in [2.75, 3.05) is 36.4 Å². The molecule has 1 amide bonds. The van der Waals surface area contributed by atoms with Crippen molar-refractivity contribution >= 4 is 23.2 Å². The van der Waals surface area contributed by atoms with Crippen LogP contribution in [0.25, 0.3) is 0 Å². The van der Waals surface area contributed by atoms with Crippen molar-refractivity contribution in [2.24, 2.45) is 0 Å². The molecule has 3 aromatic rings. The lowest BCUT2D eigenvalue weighted by molar-refractivity contribution is 0.0741. The van der Waals surface area contributed by atoms with Gasteiger partial charge in [0.1, 0.15) is 5.69 Å². The molecule has 1 aliphatic rings. The first kappa shape index (κ1) is 18.9. The number of aromatic nitrogens is 2. The third kappa shape index (κ3) is 4.37. The van der Waals surface area contributed by atoms with Gasteiger partial charge in [0, 0.05) is 43.8 Å². The smallest absolute Gasteiger partial charge is 0.272 e. The molecule has 1 N–H and O–H groups in total. The average molecular weight is 387 g/mol. The number of hydrogen-bond acceptors (Lipinski definition) is 5. The summed E-state index contributed by atoms with van der Waals surface area (Å²) in [5.41, 5.74) is 4.87. The minimum absolute atomic E-state index is 0.0520. The van der Waals surface area contributed by atoms with E-state index in [2.05, 4.69) is 45.3 Å². The van der Waals surface area contributed by atoms with Crippen molar-refractivity contribution < 1.29 is 4.79 Å². The van der Waals surface area contributed by atoms with E-state index in [0.717, 1.165) is 24.3 Å². The van der Waals surface area contributed by atoms with Crippen LogP contribution in [0.2, 0.25) is 0 Å². The van der Waals surface area contributed by atoms with Crippen LogP contribution in [0, 0.1) is 13.8 Å². The van der Waals surface area contributed by atoms with Crippen LogP contribution in [0.4, 0.5) is 17.3 Å². The van der Waals surface area contributed by atoms with E-state index in [1.165, 1.54) is 11.3 Å². The number of nitrogens with zero attached hydrogens (tertiary/aromatic N) is 4. The number of carbonyl (C=O) groups is 1. The average Bonchev–Trinajstić information content (AvgIpc) is 2.76. The van der Waals surface area contributed by atoms with Gasteiger partial charge in [-0.3, -0.25) is 4.79 Å². The number of amides is 1. The summed E-state index contributed by atoms with van der Waals surface area (Å²) in [6.07, 6.45) is 1.63. The standard InChI is InChI=1S/C23H25N5O/c1-17-8-9-20(18(2)16-17)25-23-24-11-10-21(26-23)22(29)28-14-12-27(13-15-28)19-6-4-3-5-7-19/h3-11,16H,12-15H2,1-2H3,(H,24,25,26). The van der Waals surface area contributed by atoms with E-state index in [4.69, 9.17) is 0 Å². The number of rotatable bonds is 4. The molecule has 2 aromatic carbocycles. The van der Waals surface area contributed by atoms with Crippen LogP contribution in [0.15, 0.2) is 60.8 Å². The fourth-order valence-corrected chi connectivity index (χ4v) is 3.58. The molecule has 0 atom stereocenters. The number of hydrogen-bond donors (Lipinski definition) is 1. The van der Waals surface area contributed by atoms with Crippen LogP contribution in [-0.2, 0) is 0 Å². The molecule has 4 rings (SSSR count).